The van der Waals surface area contributed by atoms with Crippen LogP contribution in [0.25, 0.3) is 11.0 Å². The zero-order chi connectivity index (χ0) is 15.5. The maximum atomic E-state index is 12.5. The third-order valence-corrected chi connectivity index (χ3v) is 4.22. The molecule has 0 fully saturated rings. The summed E-state index contributed by atoms with van der Waals surface area (Å²) in [6.07, 6.45) is 1.72. The molecule has 2 aromatic heterocycles. The van der Waals surface area contributed by atoms with Crippen LogP contribution in [0.2, 0.25) is 0 Å². The van der Waals surface area contributed by atoms with Crippen LogP contribution in [0, 0.1) is 0 Å². The number of aromatic nitrogens is 3. The number of fused-ring (bicyclic) bond motifs is 1. The average molecular weight is 315 g/mol. The van der Waals surface area contributed by atoms with E-state index in [2.05, 4.69) is 15.0 Å². The Bertz CT molecular complexity index is 781. The average Bonchev–Trinajstić information content (AvgIpc) is 2.93. The fraction of sp³-hybridized carbons (Fsp3) is 0.250. The van der Waals surface area contributed by atoms with E-state index in [1.807, 2.05) is 50.2 Å². The molecule has 0 spiro atoms. The standard InChI is InChI=1S/C16H17N3O2S/c1-11(2)21-15-8-5-9-17-14(15)10-22(20)16-18-12-6-3-4-7-13(12)19-16/h3-9,11H,10H2,1-2H3,(H,18,19). The van der Waals surface area contributed by atoms with E-state index in [1.54, 1.807) is 6.20 Å². The fourth-order valence-electron chi connectivity index (χ4n) is 2.12. The van der Waals surface area contributed by atoms with Crippen molar-refractivity contribution in [1.29, 1.82) is 0 Å². The lowest BCUT2D eigenvalue weighted by Crippen LogP contribution is -2.09. The minimum absolute atomic E-state index is 0.0441. The molecule has 22 heavy (non-hydrogen) atoms. The second-order valence-electron chi connectivity index (χ2n) is 5.16. The summed E-state index contributed by atoms with van der Waals surface area (Å²) in [5.41, 5.74) is 2.37. The zero-order valence-corrected chi connectivity index (χ0v) is 13.3. The minimum atomic E-state index is -1.30. The summed E-state index contributed by atoms with van der Waals surface area (Å²) >= 11 is 0. The molecule has 2 heterocycles. The molecule has 0 saturated heterocycles. The predicted molar refractivity (Wildman–Crippen MR) is 86.2 cm³/mol. The normalized spacial score (nSPS) is 12.7. The molecule has 0 aliphatic rings. The van der Waals surface area contributed by atoms with Crippen LogP contribution in [0.15, 0.2) is 47.8 Å². The first-order valence-corrected chi connectivity index (χ1v) is 8.39. The van der Waals surface area contributed by atoms with Crippen molar-refractivity contribution in [2.75, 3.05) is 0 Å². The van der Waals surface area contributed by atoms with E-state index in [0.717, 1.165) is 11.0 Å². The van der Waals surface area contributed by atoms with E-state index in [0.29, 0.717) is 16.6 Å². The lowest BCUT2D eigenvalue weighted by atomic mass is 10.3. The van der Waals surface area contributed by atoms with Crippen molar-refractivity contribution in [3.63, 3.8) is 0 Å². The molecule has 0 bridgehead atoms. The Morgan fingerprint density at radius 3 is 2.82 bits per heavy atom. The predicted octanol–water partition coefficient (Wildman–Crippen LogP) is 3.05. The number of nitrogens with zero attached hydrogens (tertiary/aromatic N) is 2. The van der Waals surface area contributed by atoms with Crippen LogP contribution in [-0.4, -0.2) is 25.3 Å². The van der Waals surface area contributed by atoms with Gasteiger partial charge in [0.1, 0.15) is 5.75 Å². The van der Waals surface area contributed by atoms with Gasteiger partial charge in [-0.05, 0) is 38.1 Å². The van der Waals surface area contributed by atoms with Crippen LogP contribution in [-0.2, 0) is 16.6 Å². The zero-order valence-electron chi connectivity index (χ0n) is 12.4. The molecule has 0 amide bonds. The molecule has 0 radical (unpaired) electrons. The van der Waals surface area contributed by atoms with Crippen molar-refractivity contribution >= 4 is 21.8 Å². The van der Waals surface area contributed by atoms with Crippen molar-refractivity contribution in [3.8, 4) is 5.75 Å². The third kappa shape index (κ3) is 3.17. The Morgan fingerprint density at radius 2 is 2.05 bits per heavy atom. The van der Waals surface area contributed by atoms with Gasteiger partial charge in [0, 0.05) is 6.20 Å². The van der Waals surface area contributed by atoms with Crippen LogP contribution in [0.4, 0.5) is 0 Å². The molecule has 3 rings (SSSR count). The number of ether oxygens (including phenoxy) is 1. The van der Waals surface area contributed by atoms with Gasteiger partial charge in [-0.3, -0.25) is 9.19 Å². The molecule has 0 aliphatic heterocycles. The first kappa shape index (κ1) is 14.7. The van der Waals surface area contributed by atoms with E-state index < -0.39 is 10.8 Å². The van der Waals surface area contributed by atoms with Gasteiger partial charge in [0.15, 0.2) is 5.16 Å². The highest BCUT2D eigenvalue weighted by atomic mass is 32.2. The molecule has 1 N–H and O–H groups in total. The van der Waals surface area contributed by atoms with Gasteiger partial charge in [-0.1, -0.05) is 12.1 Å². The molecule has 1 atom stereocenters. The van der Waals surface area contributed by atoms with Gasteiger partial charge in [0.2, 0.25) is 0 Å². The van der Waals surface area contributed by atoms with E-state index in [-0.39, 0.29) is 11.9 Å². The molecular weight excluding hydrogens is 298 g/mol. The van der Waals surface area contributed by atoms with E-state index >= 15 is 0 Å². The monoisotopic (exact) mass is 315 g/mol. The molecule has 6 heteroatoms. The third-order valence-electron chi connectivity index (χ3n) is 3.06. The number of para-hydroxylation sites is 2. The molecule has 1 unspecified atom stereocenters. The summed E-state index contributed by atoms with van der Waals surface area (Å²) in [6.45, 7) is 3.90. The fourth-order valence-corrected chi connectivity index (χ4v) is 3.15. The van der Waals surface area contributed by atoms with Gasteiger partial charge in [0.05, 0.1) is 39.4 Å². The summed E-state index contributed by atoms with van der Waals surface area (Å²) in [6, 6.07) is 11.3. The van der Waals surface area contributed by atoms with Crippen molar-refractivity contribution in [3.05, 3.63) is 48.3 Å². The number of rotatable bonds is 5. The number of nitrogens with one attached hydrogen (secondary N) is 1. The van der Waals surface area contributed by atoms with E-state index in [4.69, 9.17) is 4.74 Å². The summed E-state index contributed by atoms with van der Waals surface area (Å²) in [4.78, 5) is 11.8. The second-order valence-corrected chi connectivity index (χ2v) is 6.53. The largest absolute Gasteiger partial charge is 0.489 e. The molecular formula is C16H17N3O2S. The number of aromatic amines is 1. The van der Waals surface area contributed by atoms with Gasteiger partial charge in [-0.25, -0.2) is 4.98 Å². The van der Waals surface area contributed by atoms with Crippen molar-refractivity contribution in [2.24, 2.45) is 0 Å². The Hall–Kier alpha value is -2.21. The van der Waals surface area contributed by atoms with Gasteiger partial charge < -0.3 is 9.72 Å². The molecule has 0 aliphatic carbocycles. The highest BCUT2D eigenvalue weighted by Gasteiger charge is 2.15. The first-order chi connectivity index (χ1) is 10.6. The maximum absolute atomic E-state index is 12.5. The minimum Gasteiger partial charge on any atom is -0.489 e. The van der Waals surface area contributed by atoms with E-state index in [9.17, 15) is 4.21 Å². The molecule has 114 valence electrons. The lowest BCUT2D eigenvalue weighted by Gasteiger charge is -2.12. The maximum Gasteiger partial charge on any atom is 0.197 e. The molecule has 5 nitrogen and oxygen atoms in total. The smallest absolute Gasteiger partial charge is 0.197 e. The highest BCUT2D eigenvalue weighted by molar-refractivity contribution is 7.84. The number of H-pyrrole nitrogens is 1. The topological polar surface area (TPSA) is 67.9 Å². The highest BCUT2D eigenvalue weighted by Crippen LogP contribution is 2.21. The van der Waals surface area contributed by atoms with Gasteiger partial charge >= 0.3 is 0 Å². The van der Waals surface area contributed by atoms with Crippen LogP contribution < -0.4 is 4.74 Å². The van der Waals surface area contributed by atoms with Gasteiger partial charge in [-0.15, -0.1) is 0 Å². The number of hydrogen-bond donors (Lipinski definition) is 1. The lowest BCUT2D eigenvalue weighted by molar-refractivity contribution is 0.239. The molecule has 1 aromatic carbocycles. The van der Waals surface area contributed by atoms with Gasteiger partial charge in [0.25, 0.3) is 0 Å². The number of imidazole rings is 1. The van der Waals surface area contributed by atoms with Crippen molar-refractivity contribution in [1.82, 2.24) is 15.0 Å². The Labute approximate surface area is 131 Å². The van der Waals surface area contributed by atoms with Gasteiger partial charge in [-0.2, -0.15) is 0 Å². The molecule has 0 saturated carbocycles. The molecule has 3 aromatic rings. The number of hydrogen-bond acceptors (Lipinski definition) is 4. The number of pyridine rings is 1. The summed E-state index contributed by atoms with van der Waals surface area (Å²) in [5, 5.41) is 0.461. The van der Waals surface area contributed by atoms with Crippen LogP contribution in [0.5, 0.6) is 5.75 Å². The van der Waals surface area contributed by atoms with Crippen LogP contribution in [0.3, 0.4) is 0 Å². The van der Waals surface area contributed by atoms with Crippen molar-refractivity contribution in [2.45, 2.75) is 30.9 Å². The number of benzene rings is 1. The summed E-state index contributed by atoms with van der Waals surface area (Å²) in [7, 11) is -1.30. The summed E-state index contributed by atoms with van der Waals surface area (Å²) < 4.78 is 18.3. The van der Waals surface area contributed by atoms with Crippen LogP contribution >= 0.6 is 0 Å². The Morgan fingerprint density at radius 1 is 1.23 bits per heavy atom. The first-order valence-electron chi connectivity index (χ1n) is 7.07. The van der Waals surface area contributed by atoms with Crippen LogP contribution in [0.1, 0.15) is 19.5 Å². The Kier molecular flexibility index (Phi) is 4.20. The quantitative estimate of drug-likeness (QED) is 0.786. The van der Waals surface area contributed by atoms with Crippen molar-refractivity contribution < 1.29 is 8.95 Å². The SMILES string of the molecule is CC(C)Oc1cccnc1CS(=O)c1nc2ccccc2[nH]1. The summed E-state index contributed by atoms with van der Waals surface area (Å²) in [5.74, 6) is 0.935. The second kappa shape index (κ2) is 6.27. The Balaban J connectivity index is 1.85. The van der Waals surface area contributed by atoms with E-state index in [1.165, 1.54) is 0 Å².